The molecule has 0 aliphatic carbocycles. The number of nitrogens with two attached hydrogens (primary N) is 1. The Bertz CT molecular complexity index is 484. The summed E-state index contributed by atoms with van der Waals surface area (Å²) in [6, 6.07) is 1.78. The number of aryl methyl sites for hydroxylation is 1. The molecule has 0 unspecified atom stereocenters. The summed E-state index contributed by atoms with van der Waals surface area (Å²) in [4.78, 5) is 8.25. The first-order valence-electron chi connectivity index (χ1n) is 5.36. The maximum atomic E-state index is 5.43. The van der Waals surface area contributed by atoms with Gasteiger partial charge in [-0.1, -0.05) is 5.16 Å². The number of nitrogens with zero attached hydrogens (tertiary/aromatic N) is 3. The quantitative estimate of drug-likeness (QED) is 0.831. The van der Waals surface area contributed by atoms with Crippen LogP contribution >= 0.6 is 0 Å². The van der Waals surface area contributed by atoms with E-state index in [0.29, 0.717) is 30.4 Å². The molecule has 0 aliphatic heterocycles. The maximum Gasteiger partial charge on any atom is 0.261 e. The fraction of sp³-hybridized carbons (Fsp3) is 0.364. The average Bonchev–Trinajstić information content (AvgIpc) is 2.85. The van der Waals surface area contributed by atoms with Crippen molar-refractivity contribution in [2.75, 3.05) is 13.7 Å². The molecular formula is C11H14N4O2. The van der Waals surface area contributed by atoms with Crippen molar-refractivity contribution in [1.82, 2.24) is 15.1 Å². The van der Waals surface area contributed by atoms with Crippen LogP contribution in [0.3, 0.4) is 0 Å². The monoisotopic (exact) mass is 234 g/mol. The molecular weight excluding hydrogens is 220 g/mol. The summed E-state index contributed by atoms with van der Waals surface area (Å²) in [6.45, 7) is 0.614. The van der Waals surface area contributed by atoms with Crippen LogP contribution < -0.4 is 10.5 Å². The van der Waals surface area contributed by atoms with Gasteiger partial charge in [-0.2, -0.15) is 4.98 Å². The molecule has 2 aromatic heterocycles. The largest absolute Gasteiger partial charge is 0.494 e. The van der Waals surface area contributed by atoms with Crippen LogP contribution in [0.25, 0.3) is 11.5 Å². The highest BCUT2D eigenvalue weighted by molar-refractivity contribution is 5.61. The molecule has 0 saturated heterocycles. The van der Waals surface area contributed by atoms with E-state index in [1.807, 2.05) is 0 Å². The van der Waals surface area contributed by atoms with Gasteiger partial charge < -0.3 is 15.0 Å². The molecule has 0 aromatic carbocycles. The number of hydrogen-bond acceptors (Lipinski definition) is 6. The number of pyridine rings is 1. The normalized spacial score (nSPS) is 10.5. The second kappa shape index (κ2) is 5.40. The Kier molecular flexibility index (Phi) is 3.66. The Morgan fingerprint density at radius 2 is 2.35 bits per heavy atom. The molecule has 2 aromatic rings. The first-order chi connectivity index (χ1) is 8.35. The zero-order valence-electron chi connectivity index (χ0n) is 9.59. The van der Waals surface area contributed by atoms with Crippen LogP contribution in [0.5, 0.6) is 5.75 Å². The Morgan fingerprint density at radius 1 is 1.47 bits per heavy atom. The molecule has 6 heteroatoms. The molecule has 17 heavy (non-hydrogen) atoms. The minimum Gasteiger partial charge on any atom is -0.494 e. The highest BCUT2D eigenvalue weighted by Crippen LogP contribution is 2.26. The lowest BCUT2D eigenvalue weighted by Gasteiger charge is -2.01. The molecule has 0 amide bonds. The minimum absolute atomic E-state index is 0.441. The molecule has 90 valence electrons. The maximum absolute atomic E-state index is 5.43. The number of aromatic nitrogens is 3. The van der Waals surface area contributed by atoms with Gasteiger partial charge in [-0.15, -0.1) is 0 Å². The van der Waals surface area contributed by atoms with Crippen molar-refractivity contribution in [3.05, 3.63) is 24.3 Å². The van der Waals surface area contributed by atoms with E-state index in [1.165, 1.54) is 0 Å². The zero-order chi connectivity index (χ0) is 12.1. The Morgan fingerprint density at radius 3 is 3.12 bits per heavy atom. The molecule has 2 N–H and O–H groups in total. The molecule has 0 spiro atoms. The first kappa shape index (κ1) is 11.5. The fourth-order valence-corrected chi connectivity index (χ4v) is 1.44. The van der Waals surface area contributed by atoms with Gasteiger partial charge in [-0.05, 0) is 19.0 Å². The molecule has 0 aliphatic rings. The molecule has 2 rings (SSSR count). The van der Waals surface area contributed by atoms with Crippen molar-refractivity contribution >= 4 is 0 Å². The molecule has 0 radical (unpaired) electrons. The van der Waals surface area contributed by atoms with E-state index >= 15 is 0 Å². The van der Waals surface area contributed by atoms with Crippen LogP contribution in [0.15, 0.2) is 23.0 Å². The molecule has 0 saturated carbocycles. The fourth-order valence-electron chi connectivity index (χ4n) is 1.44. The van der Waals surface area contributed by atoms with E-state index in [0.717, 1.165) is 12.0 Å². The van der Waals surface area contributed by atoms with Crippen molar-refractivity contribution in [3.8, 4) is 17.2 Å². The van der Waals surface area contributed by atoms with Crippen molar-refractivity contribution in [1.29, 1.82) is 0 Å². The van der Waals surface area contributed by atoms with Gasteiger partial charge in [0.25, 0.3) is 5.89 Å². The summed E-state index contributed by atoms with van der Waals surface area (Å²) < 4.78 is 10.4. The van der Waals surface area contributed by atoms with Crippen molar-refractivity contribution in [2.24, 2.45) is 5.73 Å². The third-order valence-electron chi connectivity index (χ3n) is 2.31. The molecule has 0 bridgehead atoms. The van der Waals surface area contributed by atoms with Crippen LogP contribution in [0.4, 0.5) is 0 Å². The van der Waals surface area contributed by atoms with Gasteiger partial charge in [-0.25, -0.2) is 0 Å². The smallest absolute Gasteiger partial charge is 0.261 e. The Balaban J connectivity index is 2.24. The summed E-state index contributed by atoms with van der Waals surface area (Å²) in [5, 5.41) is 3.89. The van der Waals surface area contributed by atoms with Crippen LogP contribution in [0.2, 0.25) is 0 Å². The van der Waals surface area contributed by atoms with Gasteiger partial charge in [0.1, 0.15) is 5.75 Å². The lowest BCUT2D eigenvalue weighted by Crippen LogP contribution is -2.01. The highest BCUT2D eigenvalue weighted by Gasteiger charge is 2.13. The van der Waals surface area contributed by atoms with Crippen LogP contribution in [0.1, 0.15) is 12.2 Å². The Labute approximate surface area is 98.8 Å². The van der Waals surface area contributed by atoms with Crippen molar-refractivity contribution < 1.29 is 9.26 Å². The average molecular weight is 234 g/mol. The van der Waals surface area contributed by atoms with E-state index in [1.54, 1.807) is 25.6 Å². The van der Waals surface area contributed by atoms with Crippen molar-refractivity contribution in [2.45, 2.75) is 12.8 Å². The molecule has 0 fully saturated rings. The van der Waals surface area contributed by atoms with Crippen LogP contribution in [-0.2, 0) is 6.42 Å². The van der Waals surface area contributed by atoms with E-state index in [4.69, 9.17) is 15.0 Å². The number of methoxy groups -OCH3 is 1. The second-order valence-corrected chi connectivity index (χ2v) is 3.48. The lowest BCUT2D eigenvalue weighted by atomic mass is 10.2. The van der Waals surface area contributed by atoms with Gasteiger partial charge in [0.15, 0.2) is 5.82 Å². The highest BCUT2D eigenvalue weighted by atomic mass is 16.5. The topological polar surface area (TPSA) is 87.1 Å². The Hall–Kier alpha value is -1.95. The summed E-state index contributed by atoms with van der Waals surface area (Å²) in [5.41, 5.74) is 6.17. The van der Waals surface area contributed by atoms with E-state index in [9.17, 15) is 0 Å². The summed E-state index contributed by atoms with van der Waals surface area (Å²) in [5.74, 6) is 1.71. The van der Waals surface area contributed by atoms with Gasteiger partial charge in [-0.3, -0.25) is 4.98 Å². The third kappa shape index (κ3) is 2.59. The minimum atomic E-state index is 0.441. The standard InChI is InChI=1S/C11H14N4O2/c1-16-9-7-13-6-4-8(9)11-14-10(15-17-11)3-2-5-12/h4,6-7H,2-3,5,12H2,1H3. The van der Waals surface area contributed by atoms with E-state index < -0.39 is 0 Å². The zero-order valence-corrected chi connectivity index (χ0v) is 9.59. The number of rotatable bonds is 5. The lowest BCUT2D eigenvalue weighted by molar-refractivity contribution is 0.401. The third-order valence-corrected chi connectivity index (χ3v) is 2.31. The summed E-state index contributed by atoms with van der Waals surface area (Å²) in [7, 11) is 1.58. The van der Waals surface area contributed by atoms with E-state index in [2.05, 4.69) is 15.1 Å². The number of hydrogen-bond donors (Lipinski definition) is 1. The molecule has 2 heterocycles. The van der Waals surface area contributed by atoms with Crippen LogP contribution in [0, 0.1) is 0 Å². The SMILES string of the molecule is COc1cnccc1-c1nc(CCCN)no1. The molecule has 6 nitrogen and oxygen atoms in total. The number of ether oxygens (including phenoxy) is 1. The molecule has 0 atom stereocenters. The predicted octanol–water partition coefficient (Wildman–Crippen LogP) is 1.03. The second-order valence-electron chi connectivity index (χ2n) is 3.48. The van der Waals surface area contributed by atoms with Gasteiger partial charge >= 0.3 is 0 Å². The summed E-state index contributed by atoms with van der Waals surface area (Å²) >= 11 is 0. The van der Waals surface area contributed by atoms with Crippen LogP contribution in [-0.4, -0.2) is 28.8 Å². The summed E-state index contributed by atoms with van der Waals surface area (Å²) in [6.07, 6.45) is 4.82. The van der Waals surface area contributed by atoms with Gasteiger partial charge in [0.2, 0.25) is 0 Å². The van der Waals surface area contributed by atoms with Crippen molar-refractivity contribution in [3.63, 3.8) is 0 Å². The predicted molar refractivity (Wildman–Crippen MR) is 61.5 cm³/mol. The first-order valence-corrected chi connectivity index (χ1v) is 5.36. The van der Waals surface area contributed by atoms with Gasteiger partial charge in [0, 0.05) is 12.6 Å². The van der Waals surface area contributed by atoms with E-state index in [-0.39, 0.29) is 0 Å². The van der Waals surface area contributed by atoms with Gasteiger partial charge in [0.05, 0.1) is 18.9 Å².